The number of halogens is 1. The molecule has 1 aliphatic heterocycles. The molecule has 1 saturated heterocycles. The lowest BCUT2D eigenvalue weighted by Gasteiger charge is -2.27. The Balaban J connectivity index is 1.89. The summed E-state index contributed by atoms with van der Waals surface area (Å²) in [6.45, 7) is 3.98. The molecule has 0 bridgehead atoms. The lowest BCUT2D eigenvalue weighted by Crippen LogP contribution is -2.37. The minimum absolute atomic E-state index is 0.138. The molecule has 1 amide bonds. The fraction of sp³-hybridized carbons (Fsp3) is 0.444. The van der Waals surface area contributed by atoms with Gasteiger partial charge in [0.05, 0.1) is 21.3 Å². The normalized spacial score (nSPS) is 16.4. The number of hydrogen-bond acceptors (Lipinski definition) is 5. The Bertz CT molecular complexity index is 998. The SMILES string of the molecule is COc1cc(C(=O)N(CC[C@@H]2CCCN2C)C/C(C)=C/c2ccccc2F)cc(OC)c1OC. The molecule has 0 saturated carbocycles. The maximum atomic E-state index is 14.2. The molecule has 0 aromatic heterocycles. The number of nitrogens with zero attached hydrogens (tertiary/aromatic N) is 2. The van der Waals surface area contributed by atoms with E-state index in [1.165, 1.54) is 33.8 Å². The Morgan fingerprint density at radius 3 is 2.38 bits per heavy atom. The van der Waals surface area contributed by atoms with Crippen LogP contribution in [0.1, 0.15) is 42.1 Å². The van der Waals surface area contributed by atoms with Crippen molar-refractivity contribution in [2.45, 2.75) is 32.2 Å². The molecular formula is C27H35FN2O4. The summed E-state index contributed by atoms with van der Waals surface area (Å²) in [7, 11) is 6.72. The molecule has 0 N–H and O–H groups in total. The lowest BCUT2D eigenvalue weighted by atomic mass is 10.1. The van der Waals surface area contributed by atoms with Crippen molar-refractivity contribution in [3.8, 4) is 17.2 Å². The minimum Gasteiger partial charge on any atom is -0.493 e. The highest BCUT2D eigenvalue weighted by Gasteiger charge is 2.25. The second-order valence-corrected chi connectivity index (χ2v) is 8.72. The molecule has 1 heterocycles. The largest absolute Gasteiger partial charge is 0.493 e. The first-order valence-electron chi connectivity index (χ1n) is 11.6. The van der Waals surface area contributed by atoms with Crippen molar-refractivity contribution < 1.29 is 23.4 Å². The Hall–Kier alpha value is -3.06. The summed E-state index contributed by atoms with van der Waals surface area (Å²) >= 11 is 0. The van der Waals surface area contributed by atoms with E-state index in [9.17, 15) is 9.18 Å². The quantitative estimate of drug-likeness (QED) is 0.495. The number of likely N-dealkylation sites (tertiary alicyclic amines) is 1. The van der Waals surface area contributed by atoms with Gasteiger partial charge in [0.1, 0.15) is 5.82 Å². The highest BCUT2D eigenvalue weighted by atomic mass is 19.1. The van der Waals surface area contributed by atoms with E-state index in [1.54, 1.807) is 36.4 Å². The summed E-state index contributed by atoms with van der Waals surface area (Å²) in [6, 6.07) is 10.4. The maximum absolute atomic E-state index is 14.2. The average molecular weight is 471 g/mol. The highest BCUT2D eigenvalue weighted by Crippen LogP contribution is 2.38. The molecule has 0 spiro atoms. The maximum Gasteiger partial charge on any atom is 0.254 e. The van der Waals surface area contributed by atoms with E-state index in [-0.39, 0.29) is 11.7 Å². The van der Waals surface area contributed by atoms with E-state index in [2.05, 4.69) is 11.9 Å². The van der Waals surface area contributed by atoms with Crippen molar-refractivity contribution in [3.05, 3.63) is 58.9 Å². The van der Waals surface area contributed by atoms with Crippen LogP contribution in [0, 0.1) is 5.82 Å². The minimum atomic E-state index is -0.281. The fourth-order valence-corrected chi connectivity index (χ4v) is 4.49. The van der Waals surface area contributed by atoms with Crippen molar-refractivity contribution in [2.24, 2.45) is 0 Å². The lowest BCUT2D eigenvalue weighted by molar-refractivity contribution is 0.0757. The van der Waals surface area contributed by atoms with Crippen molar-refractivity contribution in [1.29, 1.82) is 0 Å². The molecule has 3 rings (SSSR count). The number of ether oxygens (including phenoxy) is 3. The third-order valence-corrected chi connectivity index (χ3v) is 6.35. The van der Waals surface area contributed by atoms with Crippen LogP contribution in [0.5, 0.6) is 17.2 Å². The zero-order chi connectivity index (χ0) is 24.7. The number of hydrogen-bond donors (Lipinski definition) is 0. The van der Waals surface area contributed by atoms with E-state index >= 15 is 0 Å². The van der Waals surface area contributed by atoms with Gasteiger partial charge in [-0.2, -0.15) is 0 Å². The zero-order valence-corrected chi connectivity index (χ0v) is 20.8. The molecule has 184 valence electrons. The van der Waals surface area contributed by atoms with Crippen molar-refractivity contribution in [1.82, 2.24) is 9.80 Å². The Morgan fingerprint density at radius 1 is 1.15 bits per heavy atom. The van der Waals surface area contributed by atoms with Gasteiger partial charge in [-0.15, -0.1) is 0 Å². The number of methoxy groups -OCH3 is 3. The Labute approximate surface area is 201 Å². The zero-order valence-electron chi connectivity index (χ0n) is 20.8. The molecule has 0 radical (unpaired) electrons. The molecule has 34 heavy (non-hydrogen) atoms. The summed E-state index contributed by atoms with van der Waals surface area (Å²) < 4.78 is 30.5. The molecule has 1 atom stereocenters. The van der Waals surface area contributed by atoms with Crippen molar-refractivity contribution in [2.75, 3.05) is 48.0 Å². The van der Waals surface area contributed by atoms with Crippen LogP contribution in [-0.4, -0.2) is 69.8 Å². The summed E-state index contributed by atoms with van der Waals surface area (Å²) in [6.07, 6.45) is 4.98. The van der Waals surface area contributed by atoms with E-state index in [4.69, 9.17) is 14.2 Å². The molecule has 2 aromatic rings. The average Bonchev–Trinajstić information content (AvgIpc) is 3.26. The molecule has 1 fully saturated rings. The molecule has 7 heteroatoms. The van der Waals surface area contributed by atoms with Crippen LogP contribution in [0.2, 0.25) is 0 Å². The summed E-state index contributed by atoms with van der Waals surface area (Å²) in [4.78, 5) is 17.9. The third kappa shape index (κ3) is 6.08. The second kappa shape index (κ2) is 11.9. The first-order valence-corrected chi connectivity index (χ1v) is 11.6. The summed E-state index contributed by atoms with van der Waals surface area (Å²) in [5, 5.41) is 0. The van der Waals surface area contributed by atoms with Gasteiger partial charge in [0.25, 0.3) is 5.91 Å². The first kappa shape index (κ1) is 25.6. The van der Waals surface area contributed by atoms with Gasteiger partial charge in [0.15, 0.2) is 11.5 Å². The van der Waals surface area contributed by atoms with Crippen LogP contribution in [-0.2, 0) is 0 Å². The van der Waals surface area contributed by atoms with Gasteiger partial charge in [0, 0.05) is 30.3 Å². The molecule has 6 nitrogen and oxygen atoms in total. The number of benzene rings is 2. The van der Waals surface area contributed by atoms with E-state index in [1.807, 2.05) is 11.8 Å². The van der Waals surface area contributed by atoms with E-state index in [0.717, 1.165) is 25.0 Å². The van der Waals surface area contributed by atoms with Gasteiger partial charge >= 0.3 is 0 Å². The molecular weight excluding hydrogens is 435 g/mol. The van der Waals surface area contributed by atoms with Crippen LogP contribution in [0.25, 0.3) is 6.08 Å². The Kier molecular flexibility index (Phi) is 8.93. The molecule has 2 aromatic carbocycles. The van der Waals surface area contributed by atoms with Crippen LogP contribution >= 0.6 is 0 Å². The van der Waals surface area contributed by atoms with Gasteiger partial charge in [-0.3, -0.25) is 4.79 Å². The van der Waals surface area contributed by atoms with Crippen LogP contribution < -0.4 is 14.2 Å². The number of amides is 1. The van der Waals surface area contributed by atoms with Crippen LogP contribution in [0.3, 0.4) is 0 Å². The van der Waals surface area contributed by atoms with Crippen LogP contribution in [0.4, 0.5) is 4.39 Å². The number of rotatable bonds is 10. The van der Waals surface area contributed by atoms with Gasteiger partial charge in [-0.1, -0.05) is 29.8 Å². The van der Waals surface area contributed by atoms with Crippen molar-refractivity contribution >= 4 is 12.0 Å². The first-order chi connectivity index (χ1) is 16.4. The van der Waals surface area contributed by atoms with Gasteiger partial charge in [0.2, 0.25) is 5.75 Å². The van der Waals surface area contributed by atoms with E-state index in [0.29, 0.717) is 47.5 Å². The predicted molar refractivity (Wildman–Crippen MR) is 132 cm³/mol. The molecule has 0 aliphatic carbocycles. The van der Waals surface area contributed by atoms with Crippen molar-refractivity contribution in [3.63, 3.8) is 0 Å². The summed E-state index contributed by atoms with van der Waals surface area (Å²) in [5.74, 6) is 0.882. The second-order valence-electron chi connectivity index (χ2n) is 8.72. The summed E-state index contributed by atoms with van der Waals surface area (Å²) in [5.41, 5.74) is 1.86. The standard InChI is InChI=1S/C27H35FN2O4/c1-19(15-20-9-6-7-11-23(20)28)18-30(14-12-22-10-8-13-29(22)2)27(31)21-16-24(32-3)26(34-5)25(17-21)33-4/h6-7,9,11,15-17,22H,8,10,12-14,18H2,1-5H3/b19-15+/t22-/m0/s1. The van der Waals surface area contributed by atoms with Gasteiger partial charge < -0.3 is 24.0 Å². The highest BCUT2D eigenvalue weighted by molar-refractivity contribution is 5.96. The predicted octanol–water partition coefficient (Wildman–Crippen LogP) is 4.88. The van der Waals surface area contributed by atoms with Gasteiger partial charge in [-0.05, 0) is 58.0 Å². The number of carbonyl (C=O) groups excluding carboxylic acids is 1. The van der Waals surface area contributed by atoms with Crippen LogP contribution in [0.15, 0.2) is 42.0 Å². The topological polar surface area (TPSA) is 51.2 Å². The van der Waals surface area contributed by atoms with E-state index < -0.39 is 0 Å². The van der Waals surface area contributed by atoms with Gasteiger partial charge in [-0.25, -0.2) is 4.39 Å². The molecule has 0 unspecified atom stereocenters. The number of carbonyl (C=O) groups is 1. The monoisotopic (exact) mass is 470 g/mol. The third-order valence-electron chi connectivity index (χ3n) is 6.35. The smallest absolute Gasteiger partial charge is 0.254 e. The Morgan fingerprint density at radius 2 is 1.82 bits per heavy atom. The molecule has 1 aliphatic rings. The fourth-order valence-electron chi connectivity index (χ4n) is 4.49.